The number of rotatable bonds is 6. The molecule has 0 spiro atoms. The summed E-state index contributed by atoms with van der Waals surface area (Å²) < 4.78 is 15.5. The Morgan fingerprint density at radius 1 is 1.32 bits per heavy atom. The van der Waals surface area contributed by atoms with Gasteiger partial charge in [-0.1, -0.05) is 35.5 Å². The SMILES string of the molecule is Cn1c(SCC(=O)Nc2ccc(Cl)cc2[N+](=O)[O-])nnc1-c1ccccc1F. The summed E-state index contributed by atoms with van der Waals surface area (Å²) in [5.74, 6) is -0.634. The number of carbonyl (C=O) groups is 1. The quantitative estimate of drug-likeness (QED) is 0.367. The fourth-order valence-corrected chi connectivity index (χ4v) is 3.27. The highest BCUT2D eigenvalue weighted by atomic mass is 35.5. The molecule has 0 aliphatic heterocycles. The lowest BCUT2D eigenvalue weighted by molar-refractivity contribution is -0.383. The Bertz CT molecular complexity index is 1060. The van der Waals surface area contributed by atoms with Crippen LogP contribution in [-0.2, 0) is 11.8 Å². The number of nitrogens with one attached hydrogen (secondary N) is 1. The second-order valence-electron chi connectivity index (χ2n) is 5.60. The minimum Gasteiger partial charge on any atom is -0.320 e. The molecule has 1 N–H and O–H groups in total. The van der Waals surface area contributed by atoms with E-state index in [1.807, 2.05) is 0 Å². The number of anilines is 1. The van der Waals surface area contributed by atoms with E-state index in [0.717, 1.165) is 17.8 Å². The molecule has 11 heteroatoms. The van der Waals surface area contributed by atoms with E-state index in [9.17, 15) is 19.3 Å². The number of aromatic nitrogens is 3. The van der Waals surface area contributed by atoms with Crippen LogP contribution in [0, 0.1) is 15.9 Å². The second-order valence-corrected chi connectivity index (χ2v) is 6.98. The Hall–Kier alpha value is -2.98. The van der Waals surface area contributed by atoms with Gasteiger partial charge in [0.1, 0.15) is 11.5 Å². The molecular formula is C17H13ClFN5O3S. The number of thioether (sulfide) groups is 1. The smallest absolute Gasteiger partial charge is 0.294 e. The van der Waals surface area contributed by atoms with E-state index in [-0.39, 0.29) is 22.2 Å². The number of benzene rings is 2. The van der Waals surface area contributed by atoms with E-state index in [4.69, 9.17) is 11.6 Å². The average Bonchev–Trinajstić information content (AvgIpc) is 3.02. The molecule has 0 saturated heterocycles. The van der Waals surface area contributed by atoms with Crippen molar-refractivity contribution in [3.8, 4) is 11.4 Å². The fraction of sp³-hybridized carbons (Fsp3) is 0.118. The summed E-state index contributed by atoms with van der Waals surface area (Å²) in [5, 5.41) is 22.1. The van der Waals surface area contributed by atoms with Gasteiger partial charge in [-0.3, -0.25) is 14.9 Å². The number of nitro benzene ring substituents is 1. The number of amides is 1. The van der Waals surface area contributed by atoms with Crippen molar-refractivity contribution >= 4 is 40.6 Å². The van der Waals surface area contributed by atoms with Gasteiger partial charge >= 0.3 is 0 Å². The zero-order valence-electron chi connectivity index (χ0n) is 14.4. The van der Waals surface area contributed by atoms with Crippen LogP contribution in [0.4, 0.5) is 15.8 Å². The summed E-state index contributed by atoms with van der Waals surface area (Å²) >= 11 is 6.83. The number of nitrogens with zero attached hydrogens (tertiary/aromatic N) is 4. The maximum atomic E-state index is 13.9. The molecule has 28 heavy (non-hydrogen) atoms. The van der Waals surface area contributed by atoms with Crippen LogP contribution >= 0.6 is 23.4 Å². The molecule has 0 saturated carbocycles. The third-order valence-corrected chi connectivity index (χ3v) is 4.97. The second kappa shape index (κ2) is 8.36. The van der Waals surface area contributed by atoms with Crippen LogP contribution in [0.15, 0.2) is 47.6 Å². The summed E-state index contributed by atoms with van der Waals surface area (Å²) in [7, 11) is 1.66. The van der Waals surface area contributed by atoms with Gasteiger partial charge in [-0.15, -0.1) is 10.2 Å². The molecule has 0 radical (unpaired) electrons. The van der Waals surface area contributed by atoms with Gasteiger partial charge in [-0.25, -0.2) is 4.39 Å². The number of nitro groups is 1. The predicted octanol–water partition coefficient (Wildman–Crippen LogP) is 3.91. The third-order valence-electron chi connectivity index (χ3n) is 3.71. The van der Waals surface area contributed by atoms with Crippen LogP contribution in [0.2, 0.25) is 5.02 Å². The highest BCUT2D eigenvalue weighted by Crippen LogP contribution is 2.28. The minimum absolute atomic E-state index is 0.0463. The Morgan fingerprint density at radius 2 is 2.07 bits per heavy atom. The Morgan fingerprint density at radius 3 is 2.79 bits per heavy atom. The van der Waals surface area contributed by atoms with Crippen LogP contribution in [0.1, 0.15) is 0 Å². The molecule has 3 rings (SSSR count). The van der Waals surface area contributed by atoms with Gasteiger partial charge in [-0.2, -0.15) is 0 Å². The zero-order chi connectivity index (χ0) is 20.3. The first kappa shape index (κ1) is 19.8. The Labute approximate surface area is 167 Å². The zero-order valence-corrected chi connectivity index (χ0v) is 16.0. The molecule has 1 amide bonds. The molecule has 0 atom stereocenters. The summed E-state index contributed by atoms with van der Waals surface area (Å²) in [4.78, 5) is 22.6. The highest BCUT2D eigenvalue weighted by Gasteiger charge is 2.18. The molecule has 1 aromatic heterocycles. The van der Waals surface area contributed by atoms with Crippen molar-refractivity contribution in [2.75, 3.05) is 11.1 Å². The van der Waals surface area contributed by atoms with Crippen molar-refractivity contribution in [2.24, 2.45) is 7.05 Å². The molecule has 0 aliphatic rings. The van der Waals surface area contributed by atoms with Gasteiger partial charge in [0.2, 0.25) is 5.91 Å². The maximum absolute atomic E-state index is 13.9. The fourth-order valence-electron chi connectivity index (χ4n) is 2.40. The third kappa shape index (κ3) is 4.29. The van der Waals surface area contributed by atoms with Crippen LogP contribution in [0.25, 0.3) is 11.4 Å². The van der Waals surface area contributed by atoms with Crippen molar-refractivity contribution in [3.63, 3.8) is 0 Å². The first-order chi connectivity index (χ1) is 13.4. The van der Waals surface area contributed by atoms with Crippen LogP contribution in [0.3, 0.4) is 0 Å². The highest BCUT2D eigenvalue weighted by molar-refractivity contribution is 7.99. The lowest BCUT2D eigenvalue weighted by Crippen LogP contribution is -2.15. The number of halogens is 2. The molecule has 0 unspecified atom stereocenters. The van der Waals surface area contributed by atoms with E-state index in [0.29, 0.717) is 16.5 Å². The van der Waals surface area contributed by atoms with Crippen molar-refractivity contribution < 1.29 is 14.1 Å². The standard InChI is InChI=1S/C17H13ClFN5O3S/c1-23-16(11-4-2-3-5-12(11)19)21-22-17(23)28-9-15(25)20-13-7-6-10(18)8-14(13)24(26)27/h2-8H,9H2,1H3,(H,20,25). The van der Waals surface area contributed by atoms with Gasteiger partial charge in [0.05, 0.1) is 16.2 Å². The van der Waals surface area contributed by atoms with Gasteiger partial charge in [0.25, 0.3) is 5.69 Å². The monoisotopic (exact) mass is 421 g/mol. The average molecular weight is 422 g/mol. The van der Waals surface area contributed by atoms with Crippen LogP contribution in [-0.4, -0.2) is 31.3 Å². The molecule has 0 fully saturated rings. The normalized spacial score (nSPS) is 10.7. The van der Waals surface area contributed by atoms with Crippen LogP contribution in [0.5, 0.6) is 0 Å². The first-order valence-electron chi connectivity index (χ1n) is 7.87. The van der Waals surface area contributed by atoms with Crippen molar-refractivity contribution in [1.82, 2.24) is 14.8 Å². The lowest BCUT2D eigenvalue weighted by atomic mass is 10.2. The summed E-state index contributed by atoms with van der Waals surface area (Å²) in [6.07, 6.45) is 0. The van der Waals surface area contributed by atoms with E-state index >= 15 is 0 Å². The summed E-state index contributed by atoms with van der Waals surface area (Å²) in [5.41, 5.74) is 0.0435. The molecule has 2 aromatic carbocycles. The molecule has 144 valence electrons. The van der Waals surface area contributed by atoms with E-state index in [2.05, 4.69) is 15.5 Å². The van der Waals surface area contributed by atoms with Gasteiger partial charge in [-0.05, 0) is 24.3 Å². The van der Waals surface area contributed by atoms with E-state index < -0.39 is 16.6 Å². The lowest BCUT2D eigenvalue weighted by Gasteiger charge is -2.07. The topological polar surface area (TPSA) is 103 Å². The molecule has 1 heterocycles. The van der Waals surface area contributed by atoms with Crippen molar-refractivity contribution in [2.45, 2.75) is 5.16 Å². The minimum atomic E-state index is -0.627. The molecule has 0 bridgehead atoms. The maximum Gasteiger partial charge on any atom is 0.294 e. The number of hydrogen-bond acceptors (Lipinski definition) is 6. The Kier molecular flexibility index (Phi) is 5.90. The number of carbonyl (C=O) groups excluding carboxylic acids is 1. The van der Waals surface area contributed by atoms with Crippen LogP contribution < -0.4 is 5.32 Å². The molecule has 8 nitrogen and oxygen atoms in total. The largest absolute Gasteiger partial charge is 0.320 e. The molecule has 3 aromatic rings. The molecule has 0 aliphatic carbocycles. The summed E-state index contributed by atoms with van der Waals surface area (Å²) in [6.45, 7) is 0. The van der Waals surface area contributed by atoms with Gasteiger partial charge < -0.3 is 9.88 Å². The van der Waals surface area contributed by atoms with Crippen molar-refractivity contribution in [1.29, 1.82) is 0 Å². The number of hydrogen-bond donors (Lipinski definition) is 1. The first-order valence-corrected chi connectivity index (χ1v) is 9.24. The van der Waals surface area contributed by atoms with Gasteiger partial charge in [0, 0.05) is 18.1 Å². The predicted molar refractivity (Wildman–Crippen MR) is 104 cm³/mol. The van der Waals surface area contributed by atoms with E-state index in [1.165, 1.54) is 18.2 Å². The van der Waals surface area contributed by atoms with Gasteiger partial charge in [0.15, 0.2) is 11.0 Å². The molecular weight excluding hydrogens is 409 g/mol. The van der Waals surface area contributed by atoms with E-state index in [1.54, 1.807) is 29.8 Å². The summed E-state index contributed by atoms with van der Waals surface area (Å²) in [6, 6.07) is 10.1. The van der Waals surface area contributed by atoms with Crippen molar-refractivity contribution in [3.05, 3.63) is 63.4 Å². The Balaban J connectivity index is 1.70.